The molecular weight excluding hydrogens is 178 g/mol. The molecule has 1 amide bonds. The molecule has 0 aliphatic heterocycles. The molecule has 4 nitrogen and oxygen atoms in total. The molecule has 14 heavy (non-hydrogen) atoms. The van der Waals surface area contributed by atoms with Gasteiger partial charge in [-0.15, -0.1) is 0 Å². The SMILES string of the molecule is CCC(N)C(=O)Nn1c(C)ccc1C. The molecule has 4 heteroatoms. The average molecular weight is 195 g/mol. The fourth-order valence-corrected chi connectivity index (χ4v) is 1.22. The number of rotatable bonds is 3. The van der Waals surface area contributed by atoms with Crippen molar-refractivity contribution < 1.29 is 4.79 Å². The van der Waals surface area contributed by atoms with Gasteiger partial charge in [0.15, 0.2) is 0 Å². The van der Waals surface area contributed by atoms with E-state index in [1.165, 1.54) is 0 Å². The molecule has 0 saturated heterocycles. The number of nitrogens with zero attached hydrogens (tertiary/aromatic N) is 1. The van der Waals surface area contributed by atoms with Crippen molar-refractivity contribution in [3.63, 3.8) is 0 Å². The Morgan fingerprint density at radius 2 is 2.00 bits per heavy atom. The molecule has 1 rings (SSSR count). The second-order valence-electron chi connectivity index (χ2n) is 3.44. The Kier molecular flexibility index (Phi) is 3.30. The first-order valence-electron chi connectivity index (χ1n) is 4.77. The van der Waals surface area contributed by atoms with Crippen molar-refractivity contribution in [3.05, 3.63) is 23.5 Å². The van der Waals surface area contributed by atoms with Crippen molar-refractivity contribution in [2.45, 2.75) is 33.2 Å². The zero-order valence-electron chi connectivity index (χ0n) is 8.87. The topological polar surface area (TPSA) is 60.1 Å². The van der Waals surface area contributed by atoms with E-state index >= 15 is 0 Å². The number of aromatic nitrogens is 1. The smallest absolute Gasteiger partial charge is 0.255 e. The monoisotopic (exact) mass is 195 g/mol. The van der Waals surface area contributed by atoms with E-state index in [0.29, 0.717) is 6.42 Å². The number of carbonyl (C=O) groups is 1. The lowest BCUT2D eigenvalue weighted by molar-refractivity contribution is -0.118. The summed E-state index contributed by atoms with van der Waals surface area (Å²) in [6.07, 6.45) is 0.644. The maximum atomic E-state index is 11.5. The van der Waals surface area contributed by atoms with Crippen LogP contribution < -0.4 is 11.2 Å². The van der Waals surface area contributed by atoms with Crippen molar-refractivity contribution in [2.75, 3.05) is 5.43 Å². The van der Waals surface area contributed by atoms with Crippen LogP contribution in [-0.4, -0.2) is 16.6 Å². The van der Waals surface area contributed by atoms with Crippen LogP contribution in [0.25, 0.3) is 0 Å². The van der Waals surface area contributed by atoms with Crippen LogP contribution in [-0.2, 0) is 4.79 Å². The Morgan fingerprint density at radius 1 is 1.50 bits per heavy atom. The van der Waals surface area contributed by atoms with E-state index in [2.05, 4.69) is 5.43 Å². The average Bonchev–Trinajstić information content (AvgIpc) is 2.48. The molecule has 3 N–H and O–H groups in total. The van der Waals surface area contributed by atoms with Crippen LogP contribution >= 0.6 is 0 Å². The van der Waals surface area contributed by atoms with E-state index in [0.717, 1.165) is 11.4 Å². The molecule has 1 aromatic heterocycles. The van der Waals surface area contributed by atoms with Gasteiger partial charge in [0.25, 0.3) is 5.91 Å². The standard InChI is InChI=1S/C10H17N3O/c1-4-9(11)10(14)12-13-7(2)5-6-8(13)3/h5-6,9H,4,11H2,1-3H3,(H,12,14). The minimum atomic E-state index is -0.434. The van der Waals surface area contributed by atoms with Gasteiger partial charge in [0.1, 0.15) is 0 Å². The fraction of sp³-hybridized carbons (Fsp3) is 0.500. The molecule has 0 aromatic carbocycles. The van der Waals surface area contributed by atoms with Crippen molar-refractivity contribution in [2.24, 2.45) is 5.73 Å². The van der Waals surface area contributed by atoms with Gasteiger partial charge in [-0.3, -0.25) is 14.9 Å². The highest BCUT2D eigenvalue weighted by Gasteiger charge is 2.12. The first-order chi connectivity index (χ1) is 6.56. The summed E-state index contributed by atoms with van der Waals surface area (Å²) in [5, 5.41) is 0. The highest BCUT2D eigenvalue weighted by atomic mass is 16.2. The van der Waals surface area contributed by atoms with Crippen LogP contribution in [0.5, 0.6) is 0 Å². The lowest BCUT2D eigenvalue weighted by atomic mass is 10.2. The second kappa shape index (κ2) is 4.28. The quantitative estimate of drug-likeness (QED) is 0.753. The minimum absolute atomic E-state index is 0.144. The lowest BCUT2D eigenvalue weighted by Crippen LogP contribution is -2.39. The first kappa shape index (κ1) is 10.8. The van der Waals surface area contributed by atoms with E-state index in [1.54, 1.807) is 4.68 Å². The van der Waals surface area contributed by atoms with Gasteiger partial charge in [-0.2, -0.15) is 0 Å². The summed E-state index contributed by atoms with van der Waals surface area (Å²) in [5.41, 5.74) is 10.4. The summed E-state index contributed by atoms with van der Waals surface area (Å²) in [5.74, 6) is -0.144. The summed E-state index contributed by atoms with van der Waals surface area (Å²) in [7, 11) is 0. The number of amides is 1. The zero-order valence-corrected chi connectivity index (χ0v) is 8.87. The Morgan fingerprint density at radius 3 is 2.43 bits per heavy atom. The molecule has 78 valence electrons. The van der Waals surface area contributed by atoms with Crippen LogP contribution in [0, 0.1) is 13.8 Å². The van der Waals surface area contributed by atoms with E-state index in [-0.39, 0.29) is 5.91 Å². The molecule has 1 atom stereocenters. The minimum Gasteiger partial charge on any atom is -0.320 e. The van der Waals surface area contributed by atoms with Gasteiger partial charge in [-0.25, -0.2) is 0 Å². The number of hydrogen-bond donors (Lipinski definition) is 2. The van der Waals surface area contributed by atoms with Crippen LogP contribution in [0.15, 0.2) is 12.1 Å². The number of carbonyl (C=O) groups excluding carboxylic acids is 1. The number of hydrogen-bond acceptors (Lipinski definition) is 2. The van der Waals surface area contributed by atoms with E-state index in [9.17, 15) is 4.79 Å². The van der Waals surface area contributed by atoms with E-state index < -0.39 is 6.04 Å². The van der Waals surface area contributed by atoms with Crippen LogP contribution in [0.4, 0.5) is 0 Å². The Hall–Kier alpha value is -1.29. The zero-order chi connectivity index (χ0) is 10.7. The van der Waals surface area contributed by atoms with Crippen molar-refractivity contribution in [1.82, 2.24) is 4.68 Å². The molecule has 0 radical (unpaired) electrons. The molecule has 1 aromatic rings. The molecule has 0 fully saturated rings. The molecule has 0 aliphatic rings. The maximum absolute atomic E-state index is 11.5. The third-order valence-electron chi connectivity index (χ3n) is 2.27. The summed E-state index contributed by atoms with van der Waals surface area (Å²) in [6.45, 7) is 5.76. The maximum Gasteiger partial charge on any atom is 0.255 e. The number of nitrogens with one attached hydrogen (secondary N) is 1. The van der Waals surface area contributed by atoms with Gasteiger partial charge in [0, 0.05) is 11.4 Å². The first-order valence-corrected chi connectivity index (χ1v) is 4.77. The highest BCUT2D eigenvalue weighted by molar-refractivity contribution is 5.88. The van der Waals surface area contributed by atoms with Gasteiger partial charge in [-0.05, 0) is 32.4 Å². The Bertz CT molecular complexity index is 311. The molecule has 1 unspecified atom stereocenters. The van der Waals surface area contributed by atoms with Gasteiger partial charge in [0.2, 0.25) is 0 Å². The summed E-state index contributed by atoms with van der Waals surface area (Å²) >= 11 is 0. The molecule has 0 aliphatic carbocycles. The predicted molar refractivity (Wildman–Crippen MR) is 56.5 cm³/mol. The van der Waals surface area contributed by atoms with Crippen molar-refractivity contribution >= 4 is 5.91 Å². The lowest BCUT2D eigenvalue weighted by Gasteiger charge is -2.14. The molecule has 0 spiro atoms. The Balaban J connectivity index is 2.74. The second-order valence-corrected chi connectivity index (χ2v) is 3.44. The molecule has 0 saturated carbocycles. The van der Waals surface area contributed by atoms with E-state index in [1.807, 2.05) is 32.9 Å². The van der Waals surface area contributed by atoms with E-state index in [4.69, 9.17) is 5.73 Å². The molecule has 1 heterocycles. The number of nitrogens with two attached hydrogens (primary N) is 1. The largest absolute Gasteiger partial charge is 0.320 e. The highest BCUT2D eigenvalue weighted by Crippen LogP contribution is 2.04. The number of aryl methyl sites for hydroxylation is 2. The predicted octanol–water partition coefficient (Wildman–Crippen LogP) is 0.912. The third kappa shape index (κ3) is 2.14. The third-order valence-corrected chi connectivity index (χ3v) is 2.27. The van der Waals surface area contributed by atoms with Crippen LogP contribution in [0.3, 0.4) is 0 Å². The van der Waals surface area contributed by atoms with Gasteiger partial charge >= 0.3 is 0 Å². The van der Waals surface area contributed by atoms with Gasteiger partial charge in [0.05, 0.1) is 6.04 Å². The molecular formula is C10H17N3O. The van der Waals surface area contributed by atoms with Crippen LogP contribution in [0.2, 0.25) is 0 Å². The Labute approximate surface area is 84.1 Å². The van der Waals surface area contributed by atoms with Crippen LogP contribution in [0.1, 0.15) is 24.7 Å². The van der Waals surface area contributed by atoms with Crippen molar-refractivity contribution in [3.8, 4) is 0 Å². The normalized spacial score (nSPS) is 12.6. The van der Waals surface area contributed by atoms with Gasteiger partial charge in [-0.1, -0.05) is 6.92 Å². The summed E-state index contributed by atoms with van der Waals surface area (Å²) in [6, 6.07) is 3.47. The fourth-order valence-electron chi connectivity index (χ4n) is 1.22. The van der Waals surface area contributed by atoms with Crippen molar-refractivity contribution in [1.29, 1.82) is 0 Å². The molecule has 0 bridgehead atoms. The van der Waals surface area contributed by atoms with Gasteiger partial charge < -0.3 is 5.73 Å². The summed E-state index contributed by atoms with van der Waals surface area (Å²) in [4.78, 5) is 11.5. The summed E-state index contributed by atoms with van der Waals surface area (Å²) < 4.78 is 1.75.